The molecule has 0 aromatic heterocycles. The summed E-state index contributed by atoms with van der Waals surface area (Å²) in [6.45, 7) is 5.22. The summed E-state index contributed by atoms with van der Waals surface area (Å²) >= 11 is 0. The quantitative estimate of drug-likeness (QED) is 0.836. The third-order valence-corrected chi connectivity index (χ3v) is 3.39. The first-order valence-electron chi connectivity index (χ1n) is 6.93. The highest BCUT2D eigenvalue weighted by Crippen LogP contribution is 2.32. The van der Waals surface area contributed by atoms with Gasteiger partial charge in [-0.1, -0.05) is 6.07 Å². The maximum Gasteiger partial charge on any atom is 0.303 e. The van der Waals surface area contributed by atoms with Gasteiger partial charge in [0.1, 0.15) is 13.2 Å². The average Bonchev–Trinajstić information content (AvgIpc) is 2.44. The Hall–Kier alpha value is -1.75. The minimum atomic E-state index is -0.759. The Kier molecular flexibility index (Phi) is 4.84. The number of ether oxygens (including phenoxy) is 2. The van der Waals surface area contributed by atoms with Gasteiger partial charge in [-0.05, 0) is 38.0 Å². The zero-order valence-electron chi connectivity index (χ0n) is 11.9. The number of hydrogen-bond acceptors (Lipinski definition) is 4. The van der Waals surface area contributed by atoms with Crippen LogP contribution < -0.4 is 14.8 Å². The molecule has 2 atom stereocenters. The maximum atomic E-state index is 10.6. The third kappa shape index (κ3) is 3.87. The van der Waals surface area contributed by atoms with E-state index in [0.29, 0.717) is 19.6 Å². The summed E-state index contributed by atoms with van der Waals surface area (Å²) < 4.78 is 11.1. The number of nitrogens with one attached hydrogen (secondary N) is 1. The Morgan fingerprint density at radius 1 is 1.30 bits per heavy atom. The second-order valence-corrected chi connectivity index (χ2v) is 5.12. The van der Waals surface area contributed by atoms with Crippen LogP contribution in [0.5, 0.6) is 11.5 Å². The van der Waals surface area contributed by atoms with Crippen molar-refractivity contribution in [2.45, 2.75) is 38.8 Å². The van der Waals surface area contributed by atoms with Gasteiger partial charge in [0.15, 0.2) is 11.5 Å². The second kappa shape index (κ2) is 6.61. The van der Waals surface area contributed by atoms with Crippen molar-refractivity contribution in [2.75, 3.05) is 13.2 Å². The van der Waals surface area contributed by atoms with Crippen molar-refractivity contribution in [1.29, 1.82) is 0 Å². The van der Waals surface area contributed by atoms with E-state index in [9.17, 15) is 4.79 Å². The van der Waals surface area contributed by atoms with Crippen LogP contribution in [0.1, 0.15) is 38.3 Å². The topological polar surface area (TPSA) is 67.8 Å². The van der Waals surface area contributed by atoms with E-state index in [4.69, 9.17) is 14.6 Å². The van der Waals surface area contributed by atoms with Gasteiger partial charge in [-0.25, -0.2) is 0 Å². The van der Waals surface area contributed by atoms with E-state index in [1.54, 1.807) is 0 Å². The number of carboxylic acid groups (broad SMARTS) is 1. The highest BCUT2D eigenvalue weighted by molar-refractivity contribution is 5.66. The monoisotopic (exact) mass is 279 g/mol. The van der Waals surface area contributed by atoms with E-state index in [1.165, 1.54) is 0 Å². The summed E-state index contributed by atoms with van der Waals surface area (Å²) in [4.78, 5) is 10.6. The molecule has 110 valence electrons. The first-order valence-corrected chi connectivity index (χ1v) is 6.93. The largest absolute Gasteiger partial charge is 0.486 e. The lowest BCUT2D eigenvalue weighted by molar-refractivity contribution is -0.137. The van der Waals surface area contributed by atoms with Crippen molar-refractivity contribution >= 4 is 5.97 Å². The number of carbonyl (C=O) groups is 1. The van der Waals surface area contributed by atoms with E-state index >= 15 is 0 Å². The molecule has 0 fully saturated rings. The number of rotatable bonds is 6. The lowest BCUT2D eigenvalue weighted by atomic mass is 10.1. The summed E-state index contributed by atoms with van der Waals surface area (Å²) in [5.41, 5.74) is 1.11. The molecular formula is C15H21NO4. The molecule has 0 spiro atoms. The number of benzene rings is 1. The normalized spacial score (nSPS) is 16.5. The summed E-state index contributed by atoms with van der Waals surface area (Å²) in [6, 6.07) is 6.19. The fourth-order valence-corrected chi connectivity index (χ4v) is 2.28. The number of hydrogen-bond donors (Lipinski definition) is 2. The first-order chi connectivity index (χ1) is 9.56. The van der Waals surface area contributed by atoms with E-state index in [-0.39, 0.29) is 18.5 Å². The molecule has 1 aliphatic heterocycles. The number of aliphatic carboxylic acids is 1. The molecule has 0 bridgehead atoms. The minimum Gasteiger partial charge on any atom is -0.486 e. The van der Waals surface area contributed by atoms with Crippen LogP contribution in [0.4, 0.5) is 0 Å². The summed E-state index contributed by atoms with van der Waals surface area (Å²) in [5.74, 6) is 0.803. The molecule has 1 aromatic carbocycles. The van der Waals surface area contributed by atoms with Gasteiger partial charge in [0.05, 0.1) is 0 Å². The highest BCUT2D eigenvalue weighted by Gasteiger charge is 2.15. The van der Waals surface area contributed by atoms with E-state index in [0.717, 1.165) is 17.1 Å². The fraction of sp³-hybridized carbons (Fsp3) is 0.533. The fourth-order valence-electron chi connectivity index (χ4n) is 2.28. The van der Waals surface area contributed by atoms with Crippen LogP contribution in [0.15, 0.2) is 18.2 Å². The number of carboxylic acids is 1. The molecular weight excluding hydrogens is 258 g/mol. The van der Waals surface area contributed by atoms with E-state index in [2.05, 4.69) is 12.2 Å². The number of fused-ring (bicyclic) bond motifs is 1. The van der Waals surface area contributed by atoms with Gasteiger partial charge in [0.2, 0.25) is 0 Å². The minimum absolute atomic E-state index is 0.134. The average molecular weight is 279 g/mol. The molecule has 2 rings (SSSR count). The van der Waals surface area contributed by atoms with Crippen molar-refractivity contribution in [3.8, 4) is 11.5 Å². The molecule has 5 heteroatoms. The smallest absolute Gasteiger partial charge is 0.303 e. The Morgan fingerprint density at radius 3 is 2.70 bits per heavy atom. The Balaban J connectivity index is 1.95. The maximum absolute atomic E-state index is 10.6. The summed E-state index contributed by atoms with van der Waals surface area (Å²) in [5, 5.41) is 12.1. The summed E-state index contributed by atoms with van der Waals surface area (Å²) in [6.07, 6.45) is 0.798. The lowest BCUT2D eigenvalue weighted by Gasteiger charge is -2.23. The van der Waals surface area contributed by atoms with Crippen LogP contribution in [-0.4, -0.2) is 30.3 Å². The second-order valence-electron chi connectivity index (χ2n) is 5.12. The SMILES string of the molecule is CC(CCC(=O)O)NC(C)c1ccc2c(c1)OCCO2. The van der Waals surface area contributed by atoms with Crippen LogP contribution in [0.2, 0.25) is 0 Å². The zero-order chi connectivity index (χ0) is 14.5. The predicted molar refractivity (Wildman–Crippen MR) is 75.3 cm³/mol. The first kappa shape index (κ1) is 14.7. The molecule has 0 amide bonds. The van der Waals surface area contributed by atoms with Gasteiger partial charge in [0, 0.05) is 18.5 Å². The van der Waals surface area contributed by atoms with Crippen molar-refractivity contribution in [2.24, 2.45) is 0 Å². The Bertz CT molecular complexity index is 475. The van der Waals surface area contributed by atoms with E-state index < -0.39 is 5.97 Å². The van der Waals surface area contributed by atoms with Gasteiger partial charge in [-0.3, -0.25) is 4.79 Å². The lowest BCUT2D eigenvalue weighted by Crippen LogP contribution is -2.29. The van der Waals surface area contributed by atoms with E-state index in [1.807, 2.05) is 25.1 Å². The van der Waals surface area contributed by atoms with Crippen LogP contribution >= 0.6 is 0 Å². The van der Waals surface area contributed by atoms with Gasteiger partial charge >= 0.3 is 5.97 Å². The summed E-state index contributed by atoms with van der Waals surface area (Å²) in [7, 11) is 0. The molecule has 0 saturated heterocycles. The highest BCUT2D eigenvalue weighted by atomic mass is 16.6. The van der Waals surface area contributed by atoms with Gasteiger partial charge < -0.3 is 19.9 Å². The van der Waals surface area contributed by atoms with Crippen molar-refractivity contribution in [3.05, 3.63) is 23.8 Å². The molecule has 2 unspecified atom stereocenters. The van der Waals surface area contributed by atoms with Crippen LogP contribution in [0.3, 0.4) is 0 Å². The molecule has 0 radical (unpaired) electrons. The van der Waals surface area contributed by atoms with Crippen LogP contribution in [0.25, 0.3) is 0 Å². The van der Waals surface area contributed by atoms with Gasteiger partial charge in [-0.2, -0.15) is 0 Å². The predicted octanol–water partition coefficient (Wildman–Crippen LogP) is 2.36. The van der Waals surface area contributed by atoms with Gasteiger partial charge in [0.25, 0.3) is 0 Å². The Morgan fingerprint density at radius 2 is 2.00 bits per heavy atom. The van der Waals surface area contributed by atoms with Crippen molar-refractivity contribution in [1.82, 2.24) is 5.32 Å². The molecule has 20 heavy (non-hydrogen) atoms. The molecule has 2 N–H and O–H groups in total. The van der Waals surface area contributed by atoms with Crippen molar-refractivity contribution < 1.29 is 19.4 Å². The standard InChI is InChI=1S/C15H21NO4/c1-10(3-6-15(17)18)16-11(2)12-4-5-13-14(9-12)20-8-7-19-13/h4-5,9-11,16H,3,6-8H2,1-2H3,(H,17,18). The van der Waals surface area contributed by atoms with Gasteiger partial charge in [-0.15, -0.1) is 0 Å². The zero-order valence-corrected chi connectivity index (χ0v) is 11.9. The van der Waals surface area contributed by atoms with Crippen molar-refractivity contribution in [3.63, 3.8) is 0 Å². The molecule has 1 aromatic rings. The van der Waals surface area contributed by atoms with Crippen LogP contribution in [-0.2, 0) is 4.79 Å². The Labute approximate surface area is 118 Å². The molecule has 5 nitrogen and oxygen atoms in total. The van der Waals surface area contributed by atoms with Crippen LogP contribution in [0, 0.1) is 0 Å². The third-order valence-electron chi connectivity index (χ3n) is 3.39. The molecule has 1 aliphatic rings. The molecule has 1 heterocycles. The molecule has 0 saturated carbocycles. The molecule has 0 aliphatic carbocycles.